The second kappa shape index (κ2) is 2.80. The van der Waals surface area contributed by atoms with Crippen LogP contribution >= 0.6 is 0 Å². The number of nitrogens with two attached hydrogens (primary N) is 1. The van der Waals surface area contributed by atoms with Crippen LogP contribution in [-0.4, -0.2) is 4.98 Å². The monoisotopic (exact) mass is 136 g/mol. The first kappa shape index (κ1) is 7.22. The van der Waals surface area contributed by atoms with E-state index in [1.807, 2.05) is 26.0 Å². The van der Waals surface area contributed by atoms with Crippen LogP contribution in [0, 0.1) is 6.92 Å². The molecule has 0 saturated heterocycles. The predicted octanol–water partition coefficient (Wildman–Crippen LogP) is 1.41. The van der Waals surface area contributed by atoms with E-state index in [1.165, 1.54) is 5.56 Å². The number of aromatic nitrogens is 1. The highest BCUT2D eigenvalue weighted by Gasteiger charge is 1.98. The molecular weight excluding hydrogens is 124 g/mol. The molecule has 0 saturated carbocycles. The molecular formula is C8H12N2. The zero-order valence-corrected chi connectivity index (χ0v) is 6.33. The minimum absolute atomic E-state index is 0.0416. The lowest BCUT2D eigenvalue weighted by atomic mass is 10.2. The lowest BCUT2D eigenvalue weighted by Gasteiger charge is -2.03. The maximum Gasteiger partial charge on any atom is 0.0570 e. The molecule has 0 aliphatic carbocycles. The number of aryl methyl sites for hydroxylation is 1. The Balaban J connectivity index is 2.96. The fourth-order valence-electron chi connectivity index (χ4n) is 0.809. The Kier molecular flexibility index (Phi) is 2.02. The van der Waals surface area contributed by atoms with Crippen molar-refractivity contribution in [3.8, 4) is 0 Å². The van der Waals surface area contributed by atoms with Crippen molar-refractivity contribution in [3.63, 3.8) is 0 Å². The smallest absolute Gasteiger partial charge is 0.0570 e. The molecule has 2 heteroatoms. The van der Waals surface area contributed by atoms with Crippen LogP contribution in [0.25, 0.3) is 0 Å². The van der Waals surface area contributed by atoms with Gasteiger partial charge in [0, 0.05) is 12.2 Å². The summed E-state index contributed by atoms with van der Waals surface area (Å²) >= 11 is 0. The van der Waals surface area contributed by atoms with Gasteiger partial charge in [-0.15, -0.1) is 0 Å². The first-order valence-electron chi connectivity index (χ1n) is 3.38. The molecule has 10 heavy (non-hydrogen) atoms. The van der Waals surface area contributed by atoms with E-state index in [4.69, 9.17) is 5.73 Å². The number of pyridine rings is 1. The number of rotatable bonds is 1. The summed E-state index contributed by atoms with van der Waals surface area (Å²) in [5.41, 5.74) is 7.79. The first-order valence-corrected chi connectivity index (χ1v) is 3.38. The van der Waals surface area contributed by atoms with Crippen molar-refractivity contribution in [1.82, 2.24) is 4.98 Å². The third-order valence-electron chi connectivity index (χ3n) is 1.40. The molecule has 0 spiro atoms. The second-order valence-corrected chi connectivity index (χ2v) is 2.55. The molecule has 0 bridgehead atoms. The van der Waals surface area contributed by atoms with Crippen molar-refractivity contribution in [2.45, 2.75) is 19.9 Å². The molecule has 0 aliphatic rings. The molecule has 1 aromatic heterocycles. The summed E-state index contributed by atoms with van der Waals surface area (Å²) < 4.78 is 0. The van der Waals surface area contributed by atoms with E-state index >= 15 is 0 Å². The van der Waals surface area contributed by atoms with Gasteiger partial charge in [0.1, 0.15) is 0 Å². The van der Waals surface area contributed by atoms with Gasteiger partial charge in [-0.1, -0.05) is 0 Å². The van der Waals surface area contributed by atoms with Crippen molar-refractivity contribution >= 4 is 0 Å². The molecule has 0 unspecified atom stereocenters. The summed E-state index contributed by atoms with van der Waals surface area (Å²) in [7, 11) is 0. The van der Waals surface area contributed by atoms with E-state index in [-0.39, 0.29) is 6.04 Å². The predicted molar refractivity (Wildman–Crippen MR) is 41.6 cm³/mol. The summed E-state index contributed by atoms with van der Waals surface area (Å²) in [6.07, 6.45) is 1.79. The summed E-state index contributed by atoms with van der Waals surface area (Å²) in [6, 6.07) is 4.01. The van der Waals surface area contributed by atoms with E-state index < -0.39 is 0 Å². The first-order chi connectivity index (χ1) is 4.70. The van der Waals surface area contributed by atoms with Crippen LogP contribution in [0.15, 0.2) is 18.3 Å². The quantitative estimate of drug-likeness (QED) is 0.634. The van der Waals surface area contributed by atoms with Crippen LogP contribution in [0.3, 0.4) is 0 Å². The van der Waals surface area contributed by atoms with Crippen molar-refractivity contribution in [2.24, 2.45) is 5.73 Å². The Bertz CT molecular complexity index is 218. The van der Waals surface area contributed by atoms with Gasteiger partial charge in [0.15, 0.2) is 0 Å². The summed E-state index contributed by atoms with van der Waals surface area (Å²) in [5, 5.41) is 0. The van der Waals surface area contributed by atoms with Crippen molar-refractivity contribution < 1.29 is 0 Å². The van der Waals surface area contributed by atoms with Crippen molar-refractivity contribution in [1.29, 1.82) is 0 Å². The zero-order valence-electron chi connectivity index (χ0n) is 6.33. The molecule has 0 amide bonds. The van der Waals surface area contributed by atoms with Gasteiger partial charge in [-0.25, -0.2) is 0 Å². The molecule has 2 N–H and O–H groups in total. The highest BCUT2D eigenvalue weighted by Crippen LogP contribution is 2.06. The molecule has 1 rings (SSSR count). The lowest BCUT2D eigenvalue weighted by Crippen LogP contribution is -2.06. The number of nitrogens with zero attached hydrogens (tertiary/aromatic N) is 1. The second-order valence-electron chi connectivity index (χ2n) is 2.55. The Morgan fingerprint density at radius 2 is 2.30 bits per heavy atom. The van der Waals surface area contributed by atoms with Gasteiger partial charge in [-0.05, 0) is 31.5 Å². The van der Waals surface area contributed by atoms with Gasteiger partial charge in [0.05, 0.1) is 5.69 Å². The molecule has 1 atom stereocenters. The Morgan fingerprint density at radius 3 is 2.70 bits per heavy atom. The molecule has 1 aromatic rings. The van der Waals surface area contributed by atoms with Crippen LogP contribution in [0.4, 0.5) is 0 Å². The van der Waals surface area contributed by atoms with Crippen LogP contribution in [0.5, 0.6) is 0 Å². The SMILES string of the molecule is Cc1ccnc([C@H](C)N)c1. The van der Waals surface area contributed by atoms with Gasteiger partial charge in [0.25, 0.3) is 0 Å². The molecule has 1 heterocycles. The van der Waals surface area contributed by atoms with Gasteiger partial charge in [0.2, 0.25) is 0 Å². The van der Waals surface area contributed by atoms with Crippen LogP contribution in [0.2, 0.25) is 0 Å². The third-order valence-corrected chi connectivity index (χ3v) is 1.40. The van der Waals surface area contributed by atoms with E-state index in [1.54, 1.807) is 6.20 Å². The Labute approximate surface area is 61.1 Å². The maximum absolute atomic E-state index is 5.62. The minimum Gasteiger partial charge on any atom is -0.323 e. The van der Waals surface area contributed by atoms with E-state index in [0.29, 0.717) is 0 Å². The summed E-state index contributed by atoms with van der Waals surface area (Å²) in [5.74, 6) is 0. The van der Waals surface area contributed by atoms with Gasteiger partial charge in [-0.2, -0.15) is 0 Å². The van der Waals surface area contributed by atoms with Crippen molar-refractivity contribution in [3.05, 3.63) is 29.6 Å². The topological polar surface area (TPSA) is 38.9 Å². The number of hydrogen-bond acceptors (Lipinski definition) is 2. The van der Waals surface area contributed by atoms with Gasteiger partial charge < -0.3 is 5.73 Å². The van der Waals surface area contributed by atoms with Crippen LogP contribution < -0.4 is 5.73 Å². The summed E-state index contributed by atoms with van der Waals surface area (Å²) in [6.45, 7) is 3.97. The van der Waals surface area contributed by atoms with E-state index in [2.05, 4.69) is 4.98 Å². The Hall–Kier alpha value is -0.890. The molecule has 2 nitrogen and oxygen atoms in total. The molecule has 0 aliphatic heterocycles. The normalized spacial score (nSPS) is 13.1. The van der Waals surface area contributed by atoms with Crippen molar-refractivity contribution in [2.75, 3.05) is 0 Å². The fraction of sp³-hybridized carbons (Fsp3) is 0.375. The summed E-state index contributed by atoms with van der Waals surface area (Å²) in [4.78, 5) is 4.11. The molecule has 0 fully saturated rings. The molecule has 0 aromatic carbocycles. The average Bonchev–Trinajstić information content (AvgIpc) is 1.88. The van der Waals surface area contributed by atoms with Crippen LogP contribution in [-0.2, 0) is 0 Å². The molecule has 0 radical (unpaired) electrons. The van der Waals surface area contributed by atoms with Crippen LogP contribution in [0.1, 0.15) is 24.2 Å². The van der Waals surface area contributed by atoms with E-state index in [0.717, 1.165) is 5.69 Å². The zero-order chi connectivity index (χ0) is 7.56. The fourth-order valence-corrected chi connectivity index (χ4v) is 0.809. The largest absolute Gasteiger partial charge is 0.323 e. The highest BCUT2D eigenvalue weighted by molar-refractivity contribution is 5.16. The van der Waals surface area contributed by atoms with Gasteiger partial charge >= 0.3 is 0 Å². The maximum atomic E-state index is 5.62. The highest BCUT2D eigenvalue weighted by atomic mass is 14.7. The van der Waals surface area contributed by atoms with E-state index in [9.17, 15) is 0 Å². The van der Waals surface area contributed by atoms with Gasteiger partial charge in [-0.3, -0.25) is 4.98 Å². The Morgan fingerprint density at radius 1 is 1.60 bits per heavy atom. The third kappa shape index (κ3) is 1.54. The average molecular weight is 136 g/mol. The standard InChI is InChI=1S/C8H12N2/c1-6-3-4-10-8(5-6)7(2)9/h3-5,7H,9H2,1-2H3/t7-/m0/s1. The number of hydrogen-bond donors (Lipinski definition) is 1. The lowest BCUT2D eigenvalue weighted by molar-refractivity contribution is 0.779. The molecule has 54 valence electrons. The minimum atomic E-state index is 0.0416.